The minimum Gasteiger partial charge on any atom is -0.756 e. The van der Waals surface area contributed by atoms with Crippen LogP contribution in [0, 0.1) is 0 Å². The van der Waals surface area contributed by atoms with E-state index >= 15 is 0 Å². The fraction of sp³-hybridized carbons (Fsp3) is 0.727. The van der Waals surface area contributed by atoms with Crippen LogP contribution in [0.5, 0.6) is 0 Å². The van der Waals surface area contributed by atoms with E-state index < -0.39 is 20.0 Å². The molecule has 0 rings (SSSR count). The fourth-order valence-electron chi connectivity index (χ4n) is 7.08. The summed E-state index contributed by atoms with van der Waals surface area (Å²) < 4.78 is 23.2. The van der Waals surface area contributed by atoms with Crippen LogP contribution in [0.25, 0.3) is 0 Å². The second-order valence-electron chi connectivity index (χ2n) is 18.5. The second-order valence-corrected chi connectivity index (χ2v) is 19.9. The van der Waals surface area contributed by atoms with Crippen LogP contribution in [0.3, 0.4) is 0 Å². The second kappa shape index (κ2) is 45.8. The van der Waals surface area contributed by atoms with Crippen molar-refractivity contribution in [2.24, 2.45) is 0 Å². The normalized spacial score (nSPS) is 14.8. The highest BCUT2D eigenvalue weighted by molar-refractivity contribution is 7.45. The van der Waals surface area contributed by atoms with Crippen LogP contribution in [-0.2, 0) is 18.4 Å². The molecule has 0 aromatic heterocycles. The van der Waals surface area contributed by atoms with Gasteiger partial charge in [-0.15, -0.1) is 0 Å². The first-order valence-corrected chi connectivity index (χ1v) is 27.4. The predicted octanol–water partition coefficient (Wildman–Crippen LogP) is 14.7. The summed E-state index contributed by atoms with van der Waals surface area (Å²) in [4.78, 5) is 25.3. The number of aliphatic hydroxyl groups is 1. The Morgan fingerprint density at radius 2 is 0.953 bits per heavy atom. The van der Waals surface area contributed by atoms with Crippen LogP contribution in [0.2, 0.25) is 0 Å². The van der Waals surface area contributed by atoms with E-state index in [2.05, 4.69) is 104 Å². The van der Waals surface area contributed by atoms with Crippen molar-refractivity contribution in [2.45, 2.75) is 219 Å². The number of unbranched alkanes of at least 4 members (excludes halogenated alkanes) is 19. The minimum absolute atomic E-state index is 0.00798. The molecule has 0 saturated carbocycles. The van der Waals surface area contributed by atoms with Gasteiger partial charge in [0, 0.05) is 6.42 Å². The maximum atomic E-state index is 12.9. The molecular weight excluding hydrogens is 816 g/mol. The lowest BCUT2D eigenvalue weighted by Crippen LogP contribution is -2.46. The summed E-state index contributed by atoms with van der Waals surface area (Å²) in [6.45, 7) is 4.56. The number of hydrogen-bond donors (Lipinski definition) is 2. The molecule has 0 aliphatic rings. The molecule has 0 aromatic carbocycles. The molecule has 0 fully saturated rings. The predicted molar refractivity (Wildman–Crippen MR) is 274 cm³/mol. The van der Waals surface area contributed by atoms with Gasteiger partial charge in [-0.1, -0.05) is 214 Å². The van der Waals surface area contributed by atoms with Gasteiger partial charge >= 0.3 is 0 Å². The van der Waals surface area contributed by atoms with Crippen molar-refractivity contribution >= 4 is 13.7 Å². The van der Waals surface area contributed by atoms with Crippen LogP contribution < -0.4 is 10.2 Å². The Morgan fingerprint density at radius 3 is 1.39 bits per heavy atom. The number of nitrogens with one attached hydrogen (secondary N) is 1. The van der Waals surface area contributed by atoms with E-state index in [1.165, 1.54) is 96.3 Å². The van der Waals surface area contributed by atoms with Gasteiger partial charge in [0.2, 0.25) is 5.91 Å². The molecule has 2 N–H and O–H groups in total. The highest BCUT2D eigenvalue weighted by Gasteiger charge is 2.24. The van der Waals surface area contributed by atoms with Gasteiger partial charge in [-0.05, 0) is 70.6 Å². The van der Waals surface area contributed by atoms with Gasteiger partial charge in [0.15, 0.2) is 0 Å². The van der Waals surface area contributed by atoms with Crippen molar-refractivity contribution in [3.8, 4) is 0 Å². The molecule has 3 unspecified atom stereocenters. The molecule has 0 saturated heterocycles. The molecule has 370 valence electrons. The topological polar surface area (TPSA) is 108 Å². The smallest absolute Gasteiger partial charge is 0.268 e. The zero-order valence-corrected chi connectivity index (χ0v) is 42.8. The number of carbonyl (C=O) groups is 1. The number of quaternary nitrogens is 1. The Morgan fingerprint density at radius 1 is 0.562 bits per heavy atom. The van der Waals surface area contributed by atoms with Gasteiger partial charge < -0.3 is 28.8 Å². The van der Waals surface area contributed by atoms with E-state index in [0.29, 0.717) is 23.9 Å². The van der Waals surface area contributed by atoms with E-state index in [1.807, 2.05) is 21.1 Å². The number of nitrogens with zero attached hydrogens (tertiary/aromatic N) is 1. The quantitative estimate of drug-likeness (QED) is 0.0273. The lowest BCUT2D eigenvalue weighted by Gasteiger charge is -2.30. The van der Waals surface area contributed by atoms with Crippen LogP contribution in [0.4, 0.5) is 0 Å². The summed E-state index contributed by atoms with van der Waals surface area (Å²) in [5.74, 6) is -0.174. The minimum atomic E-state index is -4.57. The largest absolute Gasteiger partial charge is 0.756 e. The Hall–Kier alpha value is -2.32. The lowest BCUT2D eigenvalue weighted by atomic mass is 10.0. The third-order valence-corrected chi connectivity index (χ3v) is 12.1. The first-order chi connectivity index (χ1) is 31.0. The van der Waals surface area contributed by atoms with Gasteiger partial charge in [0.1, 0.15) is 13.2 Å². The van der Waals surface area contributed by atoms with E-state index in [9.17, 15) is 19.4 Å². The number of hydrogen-bond acceptors (Lipinski definition) is 6. The van der Waals surface area contributed by atoms with Crippen molar-refractivity contribution in [3.05, 3.63) is 85.1 Å². The molecule has 8 nitrogen and oxygen atoms in total. The molecule has 64 heavy (non-hydrogen) atoms. The van der Waals surface area contributed by atoms with Crippen molar-refractivity contribution in [1.82, 2.24) is 5.32 Å². The van der Waals surface area contributed by atoms with Crippen LogP contribution >= 0.6 is 7.82 Å². The highest BCUT2D eigenvalue weighted by atomic mass is 31.2. The SMILES string of the molecule is CC/C=C\C/C=C\C/C=C\C/C=C\C/C=C\C/C=C\C/C=C\CCCCCCCCCCCCCC(=O)NC(COP(=O)([O-])OCC[N+](C)(C)C)C(O)CCCCCCCCCCC. The van der Waals surface area contributed by atoms with Crippen LogP contribution in [-0.4, -0.2) is 68.5 Å². The van der Waals surface area contributed by atoms with E-state index in [1.54, 1.807) is 0 Å². The molecule has 9 heteroatoms. The summed E-state index contributed by atoms with van der Waals surface area (Å²) in [5.41, 5.74) is 0. The standard InChI is InChI=1S/C55H99N2O6P/c1-6-8-10-12-14-16-17-18-19-20-21-22-23-24-25-26-27-28-29-30-31-32-33-34-35-36-37-38-39-41-43-45-47-49-55(59)56-53(52-63-64(60,61)62-51-50-57(3,4)5)54(58)48-46-44-42-40-15-13-11-9-7-2/h8,10,14,16,18-19,21-22,24-25,27-28,30-31,53-54,58H,6-7,9,11-13,15,17,20,23,26,29,32-52H2,1-5H3,(H-,56,59,60,61)/b10-8-,16-14-,19-18-,22-21-,25-24-,28-27-,31-30-. The van der Waals surface area contributed by atoms with Gasteiger partial charge in [-0.2, -0.15) is 0 Å². The zero-order chi connectivity index (χ0) is 47.1. The molecule has 0 aromatic rings. The first kappa shape index (κ1) is 61.7. The number of allylic oxidation sites excluding steroid dienone is 14. The fourth-order valence-corrected chi connectivity index (χ4v) is 7.80. The van der Waals surface area contributed by atoms with E-state index in [0.717, 1.165) is 83.5 Å². The average Bonchev–Trinajstić information content (AvgIpc) is 3.25. The van der Waals surface area contributed by atoms with Gasteiger partial charge in [0.25, 0.3) is 7.82 Å². The summed E-state index contributed by atoms with van der Waals surface area (Å²) in [6, 6.07) is -0.804. The van der Waals surface area contributed by atoms with Crippen molar-refractivity contribution in [1.29, 1.82) is 0 Å². The first-order valence-electron chi connectivity index (χ1n) is 25.9. The summed E-state index contributed by atoms with van der Waals surface area (Å²) in [6.07, 6.45) is 63.3. The van der Waals surface area contributed by atoms with Crippen LogP contribution in [0.1, 0.15) is 206 Å². The maximum absolute atomic E-state index is 12.9. The average molecular weight is 915 g/mol. The number of phosphoric ester groups is 1. The van der Waals surface area contributed by atoms with Crippen LogP contribution in [0.15, 0.2) is 85.1 Å². The number of phosphoric acid groups is 1. The van der Waals surface area contributed by atoms with Gasteiger partial charge in [-0.25, -0.2) is 0 Å². The summed E-state index contributed by atoms with van der Waals surface area (Å²) in [7, 11) is 1.29. The summed E-state index contributed by atoms with van der Waals surface area (Å²) >= 11 is 0. The third-order valence-electron chi connectivity index (χ3n) is 11.1. The third kappa shape index (κ3) is 47.6. The monoisotopic (exact) mass is 915 g/mol. The molecule has 1 amide bonds. The van der Waals surface area contributed by atoms with E-state index in [4.69, 9.17) is 9.05 Å². The van der Waals surface area contributed by atoms with Gasteiger partial charge in [-0.3, -0.25) is 9.36 Å². The van der Waals surface area contributed by atoms with E-state index in [-0.39, 0.29) is 19.1 Å². The number of likely N-dealkylation sites (N-methyl/N-ethyl adjacent to an activating group) is 1. The maximum Gasteiger partial charge on any atom is 0.268 e. The van der Waals surface area contributed by atoms with Crippen molar-refractivity contribution in [2.75, 3.05) is 40.9 Å². The number of carbonyl (C=O) groups excluding carboxylic acids is 1. The Kier molecular flexibility index (Phi) is 44.2. The zero-order valence-electron chi connectivity index (χ0n) is 42.0. The molecule has 0 bridgehead atoms. The summed E-state index contributed by atoms with van der Waals surface area (Å²) in [5, 5.41) is 13.9. The number of amides is 1. The van der Waals surface area contributed by atoms with Crippen molar-refractivity contribution < 1.29 is 32.9 Å². The molecule has 0 heterocycles. The molecular formula is C55H99N2O6P. The lowest BCUT2D eigenvalue weighted by molar-refractivity contribution is -0.870. The highest BCUT2D eigenvalue weighted by Crippen LogP contribution is 2.38. The number of aliphatic hydroxyl groups excluding tert-OH is 1. The molecule has 0 aliphatic heterocycles. The van der Waals surface area contributed by atoms with Gasteiger partial charge in [0.05, 0.1) is 39.9 Å². The molecule has 3 atom stereocenters. The molecule has 0 radical (unpaired) electrons. The molecule has 0 aliphatic carbocycles. The number of rotatable bonds is 46. The Bertz CT molecular complexity index is 1310. The Labute approximate surface area is 395 Å². The van der Waals surface area contributed by atoms with Crippen molar-refractivity contribution in [3.63, 3.8) is 0 Å². The Balaban J connectivity index is 4.05. The molecule has 0 spiro atoms.